The lowest BCUT2D eigenvalue weighted by Gasteiger charge is -2.16. The van der Waals surface area contributed by atoms with E-state index in [1.165, 1.54) is 16.5 Å². The first-order valence-electron chi connectivity index (χ1n) is 6.68. The van der Waals surface area contributed by atoms with Crippen molar-refractivity contribution in [2.24, 2.45) is 5.84 Å². The molecule has 2 rings (SSSR count). The molecule has 1 atom stereocenters. The fraction of sp³-hybridized carbons (Fsp3) is 0.250. The zero-order valence-corrected chi connectivity index (χ0v) is 14.2. The lowest BCUT2D eigenvalue weighted by Crippen LogP contribution is -2.38. The Bertz CT molecular complexity index is 607. The van der Waals surface area contributed by atoms with Gasteiger partial charge >= 0.3 is 0 Å². The minimum Gasteiger partial charge on any atom is -0.271 e. The van der Waals surface area contributed by atoms with E-state index < -0.39 is 0 Å². The van der Waals surface area contributed by atoms with Crippen molar-refractivity contribution < 1.29 is 4.39 Å². The van der Waals surface area contributed by atoms with Crippen LogP contribution in [0.1, 0.15) is 11.1 Å². The first-order chi connectivity index (χ1) is 10.1. The number of nitrogens with two attached hydrogens (primary N) is 1. The molecule has 0 spiro atoms. The topological polar surface area (TPSA) is 38.0 Å². The Morgan fingerprint density at radius 3 is 2.76 bits per heavy atom. The fourth-order valence-corrected chi connectivity index (χ4v) is 3.41. The molecule has 3 N–H and O–H groups in total. The van der Waals surface area contributed by atoms with E-state index in [0.29, 0.717) is 12.0 Å². The van der Waals surface area contributed by atoms with Gasteiger partial charge in [-0.3, -0.25) is 11.3 Å². The van der Waals surface area contributed by atoms with Crippen molar-refractivity contribution >= 4 is 27.7 Å². The highest BCUT2D eigenvalue weighted by molar-refractivity contribution is 9.10. The number of hydrogen-bond donors (Lipinski definition) is 2. The van der Waals surface area contributed by atoms with Gasteiger partial charge in [0.1, 0.15) is 5.82 Å². The maximum atomic E-state index is 13.9. The number of nitrogens with one attached hydrogen (secondary N) is 1. The summed E-state index contributed by atoms with van der Waals surface area (Å²) in [6.07, 6.45) is 0.564. The highest BCUT2D eigenvalue weighted by Gasteiger charge is 2.12. The van der Waals surface area contributed by atoms with E-state index >= 15 is 0 Å². The van der Waals surface area contributed by atoms with Crippen LogP contribution in [0.15, 0.2) is 51.8 Å². The van der Waals surface area contributed by atoms with E-state index in [2.05, 4.69) is 46.5 Å². The van der Waals surface area contributed by atoms with Crippen molar-refractivity contribution in [3.8, 4) is 0 Å². The highest BCUT2D eigenvalue weighted by atomic mass is 79.9. The minimum atomic E-state index is -0.204. The van der Waals surface area contributed by atoms with Crippen LogP contribution in [0.5, 0.6) is 0 Å². The fourth-order valence-electron chi connectivity index (χ4n) is 2.02. The average molecular weight is 369 g/mol. The van der Waals surface area contributed by atoms with Crippen molar-refractivity contribution in [3.63, 3.8) is 0 Å². The van der Waals surface area contributed by atoms with E-state index in [-0.39, 0.29) is 11.9 Å². The molecule has 0 saturated heterocycles. The molecule has 0 aromatic heterocycles. The van der Waals surface area contributed by atoms with Crippen LogP contribution in [0.2, 0.25) is 0 Å². The second-order valence-electron chi connectivity index (χ2n) is 4.93. The van der Waals surface area contributed by atoms with Crippen LogP contribution in [0, 0.1) is 12.7 Å². The van der Waals surface area contributed by atoms with E-state index in [1.807, 2.05) is 12.1 Å². The Hall–Kier alpha value is -0.880. The minimum absolute atomic E-state index is 0.0196. The van der Waals surface area contributed by atoms with Crippen molar-refractivity contribution in [3.05, 3.63) is 63.9 Å². The third kappa shape index (κ3) is 5.11. The van der Waals surface area contributed by atoms with Gasteiger partial charge in [0.05, 0.1) is 0 Å². The number of hydrogen-bond acceptors (Lipinski definition) is 3. The number of halogens is 2. The number of hydrazine groups is 1. The Morgan fingerprint density at radius 2 is 2.10 bits per heavy atom. The van der Waals surface area contributed by atoms with Crippen LogP contribution >= 0.6 is 27.7 Å². The zero-order valence-electron chi connectivity index (χ0n) is 11.8. The third-order valence-corrected chi connectivity index (χ3v) is 4.81. The Kier molecular flexibility index (Phi) is 6.23. The molecule has 0 amide bonds. The SMILES string of the molecule is Cc1cccc(SCC(Cc2ccc(Br)cc2F)NN)c1. The van der Waals surface area contributed by atoms with Gasteiger partial charge in [-0.2, -0.15) is 0 Å². The largest absolute Gasteiger partial charge is 0.271 e. The lowest BCUT2D eigenvalue weighted by atomic mass is 10.1. The van der Waals surface area contributed by atoms with Gasteiger partial charge in [-0.25, -0.2) is 4.39 Å². The molecule has 5 heteroatoms. The smallest absolute Gasteiger partial charge is 0.127 e. The van der Waals surface area contributed by atoms with Gasteiger partial charge in [-0.1, -0.05) is 39.7 Å². The molecule has 0 aliphatic carbocycles. The summed E-state index contributed by atoms with van der Waals surface area (Å²) in [6, 6.07) is 13.5. The van der Waals surface area contributed by atoms with Crippen LogP contribution in [-0.4, -0.2) is 11.8 Å². The monoisotopic (exact) mass is 368 g/mol. The molecule has 1 unspecified atom stereocenters. The summed E-state index contributed by atoms with van der Waals surface area (Å²) in [6.45, 7) is 2.07. The highest BCUT2D eigenvalue weighted by Crippen LogP contribution is 2.22. The summed E-state index contributed by atoms with van der Waals surface area (Å²) in [5.41, 5.74) is 4.68. The first-order valence-corrected chi connectivity index (χ1v) is 8.46. The molecule has 0 bridgehead atoms. The average Bonchev–Trinajstić information content (AvgIpc) is 2.45. The van der Waals surface area contributed by atoms with Crippen LogP contribution < -0.4 is 11.3 Å². The molecule has 112 valence electrons. The molecule has 2 nitrogen and oxygen atoms in total. The number of aryl methyl sites for hydroxylation is 1. The van der Waals surface area contributed by atoms with Crippen LogP contribution in [0.4, 0.5) is 4.39 Å². The number of benzene rings is 2. The van der Waals surface area contributed by atoms with E-state index in [4.69, 9.17) is 5.84 Å². The quantitative estimate of drug-likeness (QED) is 0.458. The number of thioether (sulfide) groups is 1. The Labute approximate surface area is 137 Å². The summed E-state index contributed by atoms with van der Waals surface area (Å²) in [7, 11) is 0. The van der Waals surface area contributed by atoms with Gasteiger partial charge in [-0.15, -0.1) is 11.8 Å². The summed E-state index contributed by atoms with van der Waals surface area (Å²) >= 11 is 4.98. The van der Waals surface area contributed by atoms with Gasteiger partial charge in [0.25, 0.3) is 0 Å². The summed E-state index contributed by atoms with van der Waals surface area (Å²) in [4.78, 5) is 1.20. The summed E-state index contributed by atoms with van der Waals surface area (Å²) < 4.78 is 14.6. The zero-order chi connectivity index (χ0) is 15.2. The van der Waals surface area contributed by atoms with E-state index in [0.717, 1.165) is 10.2 Å². The Morgan fingerprint density at radius 1 is 1.29 bits per heavy atom. The molecule has 0 aliphatic rings. The van der Waals surface area contributed by atoms with Crippen molar-refractivity contribution in [1.82, 2.24) is 5.43 Å². The third-order valence-electron chi connectivity index (χ3n) is 3.16. The molecule has 0 heterocycles. The molecule has 2 aromatic rings. The van der Waals surface area contributed by atoms with E-state index in [1.54, 1.807) is 17.8 Å². The second-order valence-corrected chi connectivity index (χ2v) is 6.94. The maximum absolute atomic E-state index is 13.9. The van der Waals surface area contributed by atoms with Crippen LogP contribution in [0.25, 0.3) is 0 Å². The van der Waals surface area contributed by atoms with Crippen molar-refractivity contribution in [1.29, 1.82) is 0 Å². The predicted octanol–water partition coefficient (Wildman–Crippen LogP) is 4.06. The molecule has 0 fully saturated rings. The predicted molar refractivity (Wildman–Crippen MR) is 90.8 cm³/mol. The lowest BCUT2D eigenvalue weighted by molar-refractivity contribution is 0.546. The van der Waals surface area contributed by atoms with Gasteiger partial charge < -0.3 is 0 Å². The van der Waals surface area contributed by atoms with Gasteiger partial charge in [0.15, 0.2) is 0 Å². The van der Waals surface area contributed by atoms with Crippen molar-refractivity contribution in [2.45, 2.75) is 24.3 Å². The maximum Gasteiger partial charge on any atom is 0.127 e. The molecule has 2 aromatic carbocycles. The van der Waals surface area contributed by atoms with Crippen molar-refractivity contribution in [2.75, 3.05) is 5.75 Å². The van der Waals surface area contributed by atoms with Crippen LogP contribution in [-0.2, 0) is 6.42 Å². The molecule has 0 radical (unpaired) electrons. The van der Waals surface area contributed by atoms with Crippen LogP contribution in [0.3, 0.4) is 0 Å². The second kappa shape index (κ2) is 7.94. The molecular formula is C16H18BrFN2S. The number of rotatable bonds is 6. The molecule has 0 saturated carbocycles. The first kappa shape index (κ1) is 16.5. The Balaban J connectivity index is 1.97. The normalized spacial score (nSPS) is 12.4. The molecule has 21 heavy (non-hydrogen) atoms. The summed E-state index contributed by atoms with van der Waals surface area (Å²) in [5.74, 6) is 6.18. The molecule has 0 aliphatic heterocycles. The summed E-state index contributed by atoms with van der Waals surface area (Å²) in [5, 5.41) is 0. The van der Waals surface area contributed by atoms with E-state index in [9.17, 15) is 4.39 Å². The van der Waals surface area contributed by atoms with Gasteiger partial charge in [0.2, 0.25) is 0 Å². The standard InChI is InChI=1S/C16H18BrFN2S/c1-11-3-2-4-15(7-11)21-10-14(20-19)8-12-5-6-13(17)9-16(12)18/h2-7,9,14,20H,8,10,19H2,1H3. The van der Waals surface area contributed by atoms with Gasteiger partial charge in [0, 0.05) is 21.2 Å². The molecular weight excluding hydrogens is 351 g/mol. The van der Waals surface area contributed by atoms with Gasteiger partial charge in [-0.05, 0) is 43.2 Å².